The number of hydrogen-bond donors (Lipinski definition) is 1. The highest BCUT2D eigenvalue weighted by Gasteiger charge is 2.11. The Morgan fingerprint density at radius 2 is 2.31 bits per heavy atom. The Hall–Kier alpha value is -1.62. The van der Waals surface area contributed by atoms with Crippen LogP contribution in [0.15, 0.2) is 18.3 Å². The van der Waals surface area contributed by atoms with Crippen LogP contribution in [0.4, 0.5) is 0 Å². The van der Waals surface area contributed by atoms with E-state index in [2.05, 4.69) is 9.72 Å². The van der Waals surface area contributed by atoms with Gasteiger partial charge in [0, 0.05) is 24.7 Å². The molecule has 5 nitrogen and oxygen atoms in total. The third-order valence-corrected chi connectivity index (χ3v) is 2.26. The van der Waals surface area contributed by atoms with Crippen LogP contribution < -0.4 is 10.5 Å². The maximum absolute atomic E-state index is 10.9. The number of hydrogen-bond acceptors (Lipinski definition) is 5. The summed E-state index contributed by atoms with van der Waals surface area (Å²) in [6.45, 7) is 0. The third-order valence-electron chi connectivity index (χ3n) is 2.26. The second-order valence-electron chi connectivity index (χ2n) is 3.34. The Morgan fingerprint density at radius 1 is 1.56 bits per heavy atom. The molecule has 88 valence electrons. The SMILES string of the molecule is COC(=O)CCC(N)c1cc(OC)ccn1. The van der Waals surface area contributed by atoms with Crippen molar-refractivity contribution in [2.75, 3.05) is 14.2 Å². The molecular weight excluding hydrogens is 208 g/mol. The third kappa shape index (κ3) is 3.51. The molecule has 16 heavy (non-hydrogen) atoms. The Balaban J connectivity index is 2.58. The van der Waals surface area contributed by atoms with Gasteiger partial charge in [0.2, 0.25) is 0 Å². The minimum atomic E-state index is -0.283. The molecule has 1 aromatic rings. The van der Waals surface area contributed by atoms with Crippen molar-refractivity contribution in [3.63, 3.8) is 0 Å². The zero-order chi connectivity index (χ0) is 12.0. The molecule has 0 saturated heterocycles. The monoisotopic (exact) mass is 224 g/mol. The molecule has 0 spiro atoms. The number of nitrogens with zero attached hydrogens (tertiary/aromatic N) is 1. The van der Waals surface area contributed by atoms with Crippen molar-refractivity contribution in [2.24, 2.45) is 5.73 Å². The first-order chi connectivity index (χ1) is 7.67. The normalized spacial score (nSPS) is 11.9. The fourth-order valence-electron chi connectivity index (χ4n) is 1.28. The Labute approximate surface area is 94.6 Å². The van der Waals surface area contributed by atoms with Gasteiger partial charge in [-0.3, -0.25) is 9.78 Å². The van der Waals surface area contributed by atoms with Crippen LogP contribution >= 0.6 is 0 Å². The van der Waals surface area contributed by atoms with Gasteiger partial charge in [-0.05, 0) is 12.5 Å². The van der Waals surface area contributed by atoms with E-state index in [1.807, 2.05) is 0 Å². The first-order valence-corrected chi connectivity index (χ1v) is 4.99. The molecule has 0 fully saturated rings. The molecule has 1 unspecified atom stereocenters. The largest absolute Gasteiger partial charge is 0.497 e. The molecule has 0 aromatic carbocycles. The molecule has 2 N–H and O–H groups in total. The summed E-state index contributed by atoms with van der Waals surface area (Å²) < 4.78 is 9.61. The van der Waals surface area contributed by atoms with Crippen molar-refractivity contribution < 1.29 is 14.3 Å². The van der Waals surface area contributed by atoms with Crippen molar-refractivity contribution >= 4 is 5.97 Å². The van der Waals surface area contributed by atoms with E-state index in [0.29, 0.717) is 17.9 Å². The van der Waals surface area contributed by atoms with Crippen LogP contribution in [0.1, 0.15) is 24.6 Å². The van der Waals surface area contributed by atoms with E-state index >= 15 is 0 Å². The van der Waals surface area contributed by atoms with E-state index in [0.717, 1.165) is 0 Å². The van der Waals surface area contributed by atoms with Crippen molar-refractivity contribution in [1.29, 1.82) is 0 Å². The molecule has 1 aromatic heterocycles. The van der Waals surface area contributed by atoms with Crippen molar-refractivity contribution in [3.05, 3.63) is 24.0 Å². The van der Waals surface area contributed by atoms with Gasteiger partial charge in [0.25, 0.3) is 0 Å². The van der Waals surface area contributed by atoms with Crippen LogP contribution in [0.2, 0.25) is 0 Å². The quantitative estimate of drug-likeness (QED) is 0.756. The number of esters is 1. The predicted octanol–water partition coefficient (Wildman–Crippen LogP) is 1.04. The van der Waals surface area contributed by atoms with Crippen LogP contribution in [-0.2, 0) is 9.53 Å². The maximum atomic E-state index is 10.9. The molecule has 1 heterocycles. The summed E-state index contributed by atoms with van der Waals surface area (Å²) >= 11 is 0. The van der Waals surface area contributed by atoms with Gasteiger partial charge in [-0.15, -0.1) is 0 Å². The predicted molar refractivity (Wildman–Crippen MR) is 59.0 cm³/mol. The molecule has 0 aliphatic rings. The number of rotatable bonds is 5. The van der Waals surface area contributed by atoms with Crippen LogP contribution in [0.25, 0.3) is 0 Å². The fraction of sp³-hybridized carbons (Fsp3) is 0.455. The van der Waals surface area contributed by atoms with Crippen LogP contribution in [0.5, 0.6) is 5.75 Å². The lowest BCUT2D eigenvalue weighted by molar-refractivity contribution is -0.140. The second-order valence-corrected chi connectivity index (χ2v) is 3.34. The van der Waals surface area contributed by atoms with Gasteiger partial charge >= 0.3 is 5.97 Å². The molecule has 0 saturated carbocycles. The first kappa shape index (κ1) is 12.4. The van der Waals surface area contributed by atoms with E-state index < -0.39 is 0 Å². The Kier molecular flexibility index (Phi) is 4.72. The number of carbonyl (C=O) groups is 1. The highest BCUT2D eigenvalue weighted by molar-refractivity contribution is 5.69. The average Bonchev–Trinajstić information content (AvgIpc) is 2.35. The lowest BCUT2D eigenvalue weighted by atomic mass is 10.1. The average molecular weight is 224 g/mol. The molecule has 1 rings (SSSR count). The molecule has 5 heteroatoms. The van der Waals surface area contributed by atoms with Gasteiger partial charge in [0.15, 0.2) is 0 Å². The minimum Gasteiger partial charge on any atom is -0.497 e. The van der Waals surface area contributed by atoms with Crippen molar-refractivity contribution in [1.82, 2.24) is 4.98 Å². The molecule has 1 atom stereocenters. The van der Waals surface area contributed by atoms with Gasteiger partial charge in [0.05, 0.1) is 19.9 Å². The Morgan fingerprint density at radius 3 is 2.94 bits per heavy atom. The van der Waals surface area contributed by atoms with Gasteiger partial charge in [-0.25, -0.2) is 0 Å². The summed E-state index contributed by atoms with van der Waals surface area (Å²) in [4.78, 5) is 15.1. The van der Waals surface area contributed by atoms with Crippen molar-refractivity contribution in [3.8, 4) is 5.75 Å². The molecule has 0 amide bonds. The topological polar surface area (TPSA) is 74.4 Å². The zero-order valence-corrected chi connectivity index (χ0v) is 9.47. The zero-order valence-electron chi connectivity index (χ0n) is 9.47. The fourth-order valence-corrected chi connectivity index (χ4v) is 1.28. The maximum Gasteiger partial charge on any atom is 0.305 e. The molecule has 0 bridgehead atoms. The summed E-state index contributed by atoms with van der Waals surface area (Å²) in [6, 6.07) is 3.23. The summed E-state index contributed by atoms with van der Waals surface area (Å²) in [6.07, 6.45) is 2.43. The molecule has 0 radical (unpaired) electrons. The first-order valence-electron chi connectivity index (χ1n) is 4.99. The number of carbonyl (C=O) groups excluding carboxylic acids is 1. The number of ether oxygens (including phenoxy) is 2. The summed E-state index contributed by atoms with van der Waals surface area (Å²) in [7, 11) is 2.94. The Bertz CT molecular complexity index is 355. The van der Waals surface area contributed by atoms with Crippen molar-refractivity contribution in [2.45, 2.75) is 18.9 Å². The van der Waals surface area contributed by atoms with Gasteiger partial charge < -0.3 is 15.2 Å². The van der Waals surface area contributed by atoms with Gasteiger partial charge in [-0.2, -0.15) is 0 Å². The van der Waals surface area contributed by atoms with Crippen LogP contribution in [0.3, 0.4) is 0 Å². The number of aromatic nitrogens is 1. The van der Waals surface area contributed by atoms with E-state index in [1.165, 1.54) is 7.11 Å². The van der Waals surface area contributed by atoms with Crippen LogP contribution in [0, 0.1) is 0 Å². The van der Waals surface area contributed by atoms with E-state index in [9.17, 15) is 4.79 Å². The minimum absolute atomic E-state index is 0.265. The van der Waals surface area contributed by atoms with E-state index in [1.54, 1.807) is 25.4 Å². The molecular formula is C11H16N2O3. The standard InChI is InChI=1S/C11H16N2O3/c1-15-8-5-6-13-10(7-8)9(12)3-4-11(14)16-2/h5-7,9H,3-4,12H2,1-2H3. The highest BCUT2D eigenvalue weighted by atomic mass is 16.5. The summed E-state index contributed by atoms with van der Waals surface area (Å²) in [5.74, 6) is 0.442. The molecule has 0 aliphatic carbocycles. The van der Waals surface area contributed by atoms with E-state index in [-0.39, 0.29) is 18.4 Å². The van der Waals surface area contributed by atoms with E-state index in [4.69, 9.17) is 10.5 Å². The lowest BCUT2D eigenvalue weighted by Crippen LogP contribution is -2.14. The summed E-state index contributed by atoms with van der Waals surface area (Å²) in [5.41, 5.74) is 6.61. The van der Waals surface area contributed by atoms with Gasteiger partial charge in [-0.1, -0.05) is 0 Å². The smallest absolute Gasteiger partial charge is 0.305 e. The van der Waals surface area contributed by atoms with Gasteiger partial charge in [0.1, 0.15) is 5.75 Å². The lowest BCUT2D eigenvalue weighted by Gasteiger charge is -2.11. The number of pyridine rings is 1. The number of nitrogens with two attached hydrogens (primary N) is 1. The summed E-state index contributed by atoms with van der Waals surface area (Å²) in [5, 5.41) is 0. The van der Waals surface area contributed by atoms with Crippen LogP contribution in [-0.4, -0.2) is 25.2 Å². The molecule has 0 aliphatic heterocycles. The second kappa shape index (κ2) is 6.07. The number of methoxy groups -OCH3 is 2. The highest BCUT2D eigenvalue weighted by Crippen LogP contribution is 2.18.